The van der Waals surface area contributed by atoms with Gasteiger partial charge in [0.25, 0.3) is 0 Å². The van der Waals surface area contributed by atoms with E-state index in [4.69, 9.17) is 16.9 Å². The normalized spacial score (nSPS) is 19.7. The van der Waals surface area contributed by atoms with E-state index in [2.05, 4.69) is 40.6 Å². The van der Waals surface area contributed by atoms with E-state index in [0.717, 1.165) is 44.6 Å². The lowest BCUT2D eigenvalue weighted by atomic mass is 9.99. The zero-order valence-corrected chi connectivity index (χ0v) is 17.3. The minimum atomic E-state index is -0.283. The third-order valence-corrected chi connectivity index (χ3v) is 5.72. The molecule has 6 heteroatoms. The van der Waals surface area contributed by atoms with Crippen LogP contribution in [0, 0.1) is 11.3 Å². The van der Waals surface area contributed by atoms with Gasteiger partial charge in [0.05, 0.1) is 24.3 Å². The molecule has 0 bridgehead atoms. The molecule has 2 aromatic rings. The van der Waals surface area contributed by atoms with Gasteiger partial charge in [0.15, 0.2) is 0 Å². The van der Waals surface area contributed by atoms with Gasteiger partial charge < -0.3 is 15.5 Å². The Morgan fingerprint density at radius 2 is 1.86 bits per heavy atom. The van der Waals surface area contributed by atoms with Gasteiger partial charge in [-0.2, -0.15) is 5.26 Å². The molecule has 0 saturated carbocycles. The fourth-order valence-corrected chi connectivity index (χ4v) is 4.05. The molecule has 5 nitrogen and oxygen atoms in total. The van der Waals surface area contributed by atoms with Crippen LogP contribution in [0.5, 0.6) is 0 Å². The highest BCUT2D eigenvalue weighted by Crippen LogP contribution is 2.19. The number of benzene rings is 2. The molecule has 3 rings (SSSR count). The molecule has 0 radical (unpaired) electrons. The highest BCUT2D eigenvalue weighted by atomic mass is 35.5. The highest BCUT2D eigenvalue weighted by molar-refractivity contribution is 6.31. The van der Waals surface area contributed by atoms with Crippen molar-refractivity contribution >= 4 is 17.3 Å². The van der Waals surface area contributed by atoms with E-state index in [1.54, 1.807) is 12.1 Å². The van der Waals surface area contributed by atoms with E-state index in [1.165, 1.54) is 11.1 Å². The zero-order valence-electron chi connectivity index (χ0n) is 16.5. The second kappa shape index (κ2) is 10.6. The summed E-state index contributed by atoms with van der Waals surface area (Å²) < 4.78 is 0. The largest absolute Gasteiger partial charge is 0.395 e. The van der Waals surface area contributed by atoms with Crippen LogP contribution in [0.2, 0.25) is 5.02 Å². The Bertz CT molecular complexity index is 835. The third-order valence-electron chi connectivity index (χ3n) is 5.50. The molecule has 1 aliphatic rings. The Morgan fingerprint density at radius 1 is 1.14 bits per heavy atom. The minimum absolute atomic E-state index is 0.0668. The van der Waals surface area contributed by atoms with Crippen LogP contribution >= 0.6 is 11.6 Å². The van der Waals surface area contributed by atoms with E-state index in [0.29, 0.717) is 17.0 Å². The Labute approximate surface area is 177 Å². The van der Waals surface area contributed by atoms with Crippen molar-refractivity contribution in [1.29, 1.82) is 5.26 Å². The summed E-state index contributed by atoms with van der Waals surface area (Å²) in [6.45, 7) is 2.60. The number of nitrogens with zero attached hydrogens (tertiary/aromatic N) is 2. The first-order valence-electron chi connectivity index (χ1n) is 10.1. The molecule has 2 atom stereocenters. The summed E-state index contributed by atoms with van der Waals surface area (Å²) in [5.41, 5.74) is 3.93. The van der Waals surface area contributed by atoms with Gasteiger partial charge in [0.1, 0.15) is 0 Å². The minimum Gasteiger partial charge on any atom is -0.395 e. The lowest BCUT2D eigenvalue weighted by Gasteiger charge is -2.36. The average Bonchev–Trinajstić information content (AvgIpc) is 2.73. The first kappa shape index (κ1) is 21.6. The van der Waals surface area contributed by atoms with Gasteiger partial charge in [-0.05, 0) is 55.0 Å². The molecule has 2 unspecified atom stereocenters. The summed E-state index contributed by atoms with van der Waals surface area (Å²) in [5.74, 6) is 0. The maximum atomic E-state index is 9.76. The van der Waals surface area contributed by atoms with Gasteiger partial charge >= 0.3 is 0 Å². The van der Waals surface area contributed by atoms with Crippen molar-refractivity contribution in [2.75, 3.05) is 31.6 Å². The van der Waals surface area contributed by atoms with Crippen molar-refractivity contribution in [3.05, 3.63) is 64.2 Å². The highest BCUT2D eigenvalue weighted by Gasteiger charge is 2.26. The monoisotopic (exact) mass is 413 g/mol. The van der Waals surface area contributed by atoms with E-state index >= 15 is 0 Å². The number of anilines is 1. The molecule has 1 aliphatic heterocycles. The summed E-state index contributed by atoms with van der Waals surface area (Å²) in [7, 11) is 0. The number of nitrogens with one attached hydrogen (secondary N) is 1. The van der Waals surface area contributed by atoms with Gasteiger partial charge in [-0.25, -0.2) is 0 Å². The van der Waals surface area contributed by atoms with E-state index in [-0.39, 0.29) is 18.8 Å². The Balaban J connectivity index is 1.45. The Kier molecular flexibility index (Phi) is 7.91. The summed E-state index contributed by atoms with van der Waals surface area (Å²) in [6.07, 6.45) is 2.97. The molecule has 0 aliphatic carbocycles. The molecule has 1 fully saturated rings. The van der Waals surface area contributed by atoms with E-state index < -0.39 is 0 Å². The maximum Gasteiger partial charge on any atom is 0.0992 e. The lowest BCUT2D eigenvalue weighted by molar-refractivity contribution is 0.0177. The first-order valence-corrected chi connectivity index (χ1v) is 10.5. The molecule has 154 valence electrons. The van der Waals surface area contributed by atoms with E-state index in [1.807, 2.05) is 6.07 Å². The summed E-state index contributed by atoms with van der Waals surface area (Å²) in [6, 6.07) is 16.1. The van der Waals surface area contributed by atoms with Crippen LogP contribution in [-0.4, -0.2) is 53.5 Å². The number of aliphatic hydroxyl groups is 2. The third kappa shape index (κ3) is 6.45. The van der Waals surface area contributed by atoms with E-state index in [9.17, 15) is 10.2 Å². The topological polar surface area (TPSA) is 79.5 Å². The SMILES string of the molecule is N#Cc1cc(Cl)cc(NCCc2ccc(CCN3CCC(O)CC3CO)cc2)c1. The molecule has 0 aromatic heterocycles. The molecule has 1 heterocycles. The average molecular weight is 414 g/mol. The number of likely N-dealkylation sites (tertiary alicyclic amines) is 1. The lowest BCUT2D eigenvalue weighted by Crippen LogP contribution is -2.47. The molecule has 0 spiro atoms. The predicted octanol–water partition coefficient (Wildman–Crippen LogP) is 3.23. The number of nitriles is 1. The predicted molar refractivity (Wildman–Crippen MR) is 116 cm³/mol. The van der Waals surface area contributed by atoms with Crippen LogP contribution in [0.1, 0.15) is 29.5 Å². The van der Waals surface area contributed by atoms with Crippen molar-refractivity contribution in [1.82, 2.24) is 4.90 Å². The van der Waals surface area contributed by atoms with Crippen molar-refractivity contribution in [3.63, 3.8) is 0 Å². The molecular formula is C23H28ClN3O2. The second-order valence-corrected chi connectivity index (χ2v) is 8.07. The summed E-state index contributed by atoms with van der Waals surface area (Å²) in [4.78, 5) is 2.28. The first-order chi connectivity index (χ1) is 14.1. The maximum absolute atomic E-state index is 9.76. The number of halogens is 1. The fourth-order valence-electron chi connectivity index (χ4n) is 3.82. The fraction of sp³-hybridized carbons (Fsp3) is 0.435. The van der Waals surface area contributed by atoms with Crippen molar-refractivity contribution in [2.24, 2.45) is 0 Å². The van der Waals surface area contributed by atoms with Gasteiger partial charge in [0.2, 0.25) is 0 Å². The Hall–Kier alpha value is -2.10. The molecule has 29 heavy (non-hydrogen) atoms. The number of rotatable bonds is 8. The summed E-state index contributed by atoms with van der Waals surface area (Å²) in [5, 5.41) is 32.2. The van der Waals surface area contributed by atoms with Crippen molar-refractivity contribution in [2.45, 2.75) is 37.8 Å². The molecule has 3 N–H and O–H groups in total. The quantitative estimate of drug-likeness (QED) is 0.619. The number of piperidine rings is 1. The molecule has 0 amide bonds. The van der Waals surface area contributed by atoms with Crippen LogP contribution < -0.4 is 5.32 Å². The van der Waals surface area contributed by atoms with Gasteiger partial charge in [-0.3, -0.25) is 4.90 Å². The number of hydrogen-bond acceptors (Lipinski definition) is 5. The van der Waals surface area contributed by atoms with Gasteiger partial charge in [0, 0.05) is 36.4 Å². The van der Waals surface area contributed by atoms with Crippen molar-refractivity contribution in [3.8, 4) is 6.07 Å². The van der Waals surface area contributed by atoms with Crippen molar-refractivity contribution < 1.29 is 10.2 Å². The Morgan fingerprint density at radius 3 is 2.55 bits per heavy atom. The van der Waals surface area contributed by atoms with Crippen LogP contribution in [-0.2, 0) is 12.8 Å². The van der Waals surface area contributed by atoms with Crippen LogP contribution in [0.4, 0.5) is 5.69 Å². The molecular weight excluding hydrogens is 386 g/mol. The number of aliphatic hydroxyl groups excluding tert-OH is 2. The molecule has 1 saturated heterocycles. The van der Waals surface area contributed by atoms with Gasteiger partial charge in [-0.15, -0.1) is 0 Å². The van der Waals surface area contributed by atoms with Gasteiger partial charge in [-0.1, -0.05) is 35.9 Å². The van der Waals surface area contributed by atoms with Crippen LogP contribution in [0.25, 0.3) is 0 Å². The van der Waals surface area contributed by atoms with Crippen LogP contribution in [0.15, 0.2) is 42.5 Å². The van der Waals surface area contributed by atoms with Crippen LogP contribution in [0.3, 0.4) is 0 Å². The smallest absolute Gasteiger partial charge is 0.0992 e. The zero-order chi connectivity index (χ0) is 20.6. The molecule has 2 aromatic carbocycles. The second-order valence-electron chi connectivity index (χ2n) is 7.63. The summed E-state index contributed by atoms with van der Waals surface area (Å²) >= 11 is 6.03. The number of hydrogen-bond donors (Lipinski definition) is 3. The standard InChI is InChI=1S/C23H28ClN3O2/c24-20-11-19(15-25)12-21(13-20)26-8-5-17-1-3-18(4-2-17)6-9-27-10-7-23(29)14-22(27)16-28/h1-4,11-13,22-23,26,28-29H,5-10,14,16H2.